The van der Waals surface area contributed by atoms with Gasteiger partial charge >= 0.3 is 0 Å². The van der Waals surface area contributed by atoms with Crippen LogP contribution in [0.25, 0.3) is 0 Å². The molecule has 0 aliphatic heterocycles. The number of halogens is 1. The van der Waals surface area contributed by atoms with Crippen LogP contribution in [0.2, 0.25) is 0 Å². The Kier molecular flexibility index (Phi) is 5.57. The van der Waals surface area contributed by atoms with Gasteiger partial charge < -0.3 is 11.1 Å². The molecule has 0 fully saturated rings. The van der Waals surface area contributed by atoms with E-state index >= 15 is 0 Å². The zero-order valence-electron chi connectivity index (χ0n) is 11.6. The van der Waals surface area contributed by atoms with Crippen molar-refractivity contribution in [3.63, 3.8) is 0 Å². The summed E-state index contributed by atoms with van der Waals surface area (Å²) >= 11 is 5.01. The van der Waals surface area contributed by atoms with Gasteiger partial charge in [0.2, 0.25) is 0 Å². The third-order valence-corrected chi connectivity index (χ3v) is 4.42. The molecule has 1 aromatic carbocycles. The van der Waals surface area contributed by atoms with Crippen molar-refractivity contribution in [2.45, 2.75) is 13.5 Å². The van der Waals surface area contributed by atoms with Crippen LogP contribution in [0.5, 0.6) is 0 Å². The number of hydrogen-bond acceptors (Lipinski definition) is 3. The second-order valence-electron chi connectivity index (χ2n) is 4.44. The molecule has 108 valence electrons. The van der Waals surface area contributed by atoms with Gasteiger partial charge in [-0.25, -0.2) is 0 Å². The smallest absolute Gasteiger partial charge is 0.252 e. The number of carbonyl (C=O) groups is 1. The van der Waals surface area contributed by atoms with Gasteiger partial charge in [0.25, 0.3) is 5.91 Å². The van der Waals surface area contributed by atoms with Crippen molar-refractivity contribution < 1.29 is 4.79 Å². The monoisotopic (exact) mass is 362 g/mol. The Bertz CT molecular complexity index is 713. The van der Waals surface area contributed by atoms with Gasteiger partial charge in [0.15, 0.2) is 0 Å². The van der Waals surface area contributed by atoms with Gasteiger partial charge in [-0.2, -0.15) is 0 Å². The number of amides is 1. The maximum absolute atomic E-state index is 12.3. The van der Waals surface area contributed by atoms with E-state index in [1.165, 1.54) is 0 Å². The largest absolute Gasteiger partial charge is 0.347 e. The molecule has 0 bridgehead atoms. The summed E-state index contributed by atoms with van der Waals surface area (Å²) in [5.74, 6) is 5.61. The van der Waals surface area contributed by atoms with Crippen LogP contribution in [-0.4, -0.2) is 12.5 Å². The lowest BCUT2D eigenvalue weighted by molar-refractivity contribution is 0.0951. The summed E-state index contributed by atoms with van der Waals surface area (Å²) in [6.07, 6.45) is 0. The van der Waals surface area contributed by atoms with Crippen LogP contribution in [0.4, 0.5) is 0 Å². The molecule has 0 atom stereocenters. The highest BCUT2D eigenvalue weighted by Crippen LogP contribution is 2.22. The lowest BCUT2D eigenvalue weighted by atomic mass is 10.0. The summed E-state index contributed by atoms with van der Waals surface area (Å²) in [5.41, 5.74) is 7.71. The van der Waals surface area contributed by atoms with Crippen molar-refractivity contribution in [1.82, 2.24) is 5.32 Å². The summed E-state index contributed by atoms with van der Waals surface area (Å²) in [6.45, 7) is 2.73. The Labute approximate surface area is 136 Å². The van der Waals surface area contributed by atoms with Gasteiger partial charge in [-0.1, -0.05) is 23.5 Å². The molecule has 0 spiro atoms. The van der Waals surface area contributed by atoms with Gasteiger partial charge in [-0.05, 0) is 47.1 Å². The highest BCUT2D eigenvalue weighted by Gasteiger charge is 2.10. The Morgan fingerprint density at radius 3 is 2.86 bits per heavy atom. The molecule has 0 aliphatic carbocycles. The van der Waals surface area contributed by atoms with Crippen molar-refractivity contribution in [1.29, 1.82) is 0 Å². The number of carbonyl (C=O) groups excluding carboxylic acids is 1. The maximum atomic E-state index is 12.3. The molecular weight excluding hydrogens is 348 g/mol. The SMILES string of the molecule is Cc1ccc(C#CCN)c(C(=O)NCc2ccc(Br)s2)c1. The van der Waals surface area contributed by atoms with E-state index in [-0.39, 0.29) is 12.5 Å². The third kappa shape index (κ3) is 4.43. The van der Waals surface area contributed by atoms with E-state index in [0.29, 0.717) is 17.7 Å². The Morgan fingerprint density at radius 1 is 1.38 bits per heavy atom. The third-order valence-electron chi connectivity index (χ3n) is 2.80. The summed E-state index contributed by atoms with van der Waals surface area (Å²) in [7, 11) is 0. The molecule has 0 radical (unpaired) electrons. The van der Waals surface area contributed by atoms with Crippen molar-refractivity contribution in [3.05, 3.63) is 55.7 Å². The normalized spacial score (nSPS) is 9.86. The molecule has 2 aromatic rings. The van der Waals surface area contributed by atoms with Crippen LogP contribution in [0.1, 0.15) is 26.4 Å². The van der Waals surface area contributed by atoms with Gasteiger partial charge in [0.1, 0.15) is 0 Å². The van der Waals surface area contributed by atoms with E-state index in [0.717, 1.165) is 14.2 Å². The molecule has 0 saturated carbocycles. The van der Waals surface area contributed by atoms with Gasteiger partial charge in [0.05, 0.1) is 22.4 Å². The zero-order chi connectivity index (χ0) is 15.2. The van der Waals surface area contributed by atoms with Gasteiger partial charge in [-0.15, -0.1) is 11.3 Å². The van der Waals surface area contributed by atoms with Crippen LogP contribution in [0.15, 0.2) is 34.1 Å². The molecule has 3 N–H and O–H groups in total. The van der Waals surface area contributed by atoms with Gasteiger partial charge in [-0.3, -0.25) is 4.79 Å². The number of nitrogens with one attached hydrogen (secondary N) is 1. The molecule has 3 nitrogen and oxygen atoms in total. The van der Waals surface area contributed by atoms with E-state index in [2.05, 4.69) is 33.1 Å². The minimum atomic E-state index is -0.121. The number of rotatable bonds is 3. The van der Waals surface area contributed by atoms with Crippen molar-refractivity contribution in [2.24, 2.45) is 5.73 Å². The molecule has 1 amide bonds. The molecule has 5 heteroatoms. The van der Waals surface area contributed by atoms with Crippen molar-refractivity contribution in [2.75, 3.05) is 6.54 Å². The van der Waals surface area contributed by atoms with Crippen LogP contribution >= 0.6 is 27.3 Å². The molecule has 0 unspecified atom stereocenters. The van der Waals surface area contributed by atoms with Crippen LogP contribution in [-0.2, 0) is 6.54 Å². The minimum Gasteiger partial charge on any atom is -0.347 e. The topological polar surface area (TPSA) is 55.1 Å². The van der Waals surface area contributed by atoms with E-state index in [1.807, 2.05) is 37.3 Å². The highest BCUT2D eigenvalue weighted by atomic mass is 79.9. The Hall–Kier alpha value is -1.61. The van der Waals surface area contributed by atoms with E-state index in [9.17, 15) is 4.79 Å². The summed E-state index contributed by atoms with van der Waals surface area (Å²) in [6, 6.07) is 9.60. The molecule has 1 aromatic heterocycles. The fourth-order valence-corrected chi connectivity index (χ4v) is 3.23. The molecule has 21 heavy (non-hydrogen) atoms. The van der Waals surface area contributed by atoms with E-state index < -0.39 is 0 Å². The first-order valence-electron chi connectivity index (χ1n) is 6.42. The molecule has 0 aliphatic rings. The first kappa shape index (κ1) is 15.8. The first-order valence-corrected chi connectivity index (χ1v) is 8.03. The van der Waals surface area contributed by atoms with Crippen molar-refractivity contribution >= 4 is 33.2 Å². The quantitative estimate of drug-likeness (QED) is 0.824. The summed E-state index contributed by atoms with van der Waals surface area (Å²) < 4.78 is 1.05. The minimum absolute atomic E-state index is 0.121. The maximum Gasteiger partial charge on any atom is 0.252 e. The average molecular weight is 363 g/mol. The summed E-state index contributed by atoms with van der Waals surface area (Å²) in [5, 5.41) is 2.92. The molecule has 2 rings (SSSR count). The fraction of sp³-hybridized carbons (Fsp3) is 0.188. The lowest BCUT2D eigenvalue weighted by Crippen LogP contribution is -2.23. The second kappa shape index (κ2) is 7.41. The lowest BCUT2D eigenvalue weighted by Gasteiger charge is -2.07. The molecular formula is C16H15BrN2OS. The standard InChI is InChI=1S/C16H15BrN2OS/c1-11-4-5-12(3-2-8-18)14(9-11)16(20)19-10-13-6-7-15(17)21-13/h4-7,9H,8,10,18H2,1H3,(H,19,20). The number of hydrogen-bond donors (Lipinski definition) is 2. The average Bonchev–Trinajstić information content (AvgIpc) is 2.89. The molecule has 1 heterocycles. The van der Waals surface area contributed by atoms with Crippen molar-refractivity contribution in [3.8, 4) is 11.8 Å². The van der Waals surface area contributed by atoms with Crippen LogP contribution in [0.3, 0.4) is 0 Å². The van der Waals surface area contributed by atoms with Crippen LogP contribution < -0.4 is 11.1 Å². The predicted octanol–water partition coefficient (Wildman–Crippen LogP) is 3.06. The van der Waals surface area contributed by atoms with Crippen LogP contribution in [0, 0.1) is 18.8 Å². The Morgan fingerprint density at radius 2 is 2.19 bits per heavy atom. The fourth-order valence-electron chi connectivity index (χ4n) is 1.81. The Balaban J connectivity index is 2.15. The van der Waals surface area contributed by atoms with E-state index in [4.69, 9.17) is 5.73 Å². The van der Waals surface area contributed by atoms with E-state index in [1.54, 1.807) is 11.3 Å². The summed E-state index contributed by atoms with van der Waals surface area (Å²) in [4.78, 5) is 13.4. The molecule has 0 saturated heterocycles. The highest BCUT2D eigenvalue weighted by molar-refractivity contribution is 9.11. The number of thiophene rings is 1. The number of aryl methyl sites for hydroxylation is 1. The number of benzene rings is 1. The zero-order valence-corrected chi connectivity index (χ0v) is 14.0. The second-order valence-corrected chi connectivity index (χ2v) is 6.99. The predicted molar refractivity (Wildman–Crippen MR) is 90.3 cm³/mol. The number of nitrogens with two attached hydrogens (primary N) is 1. The van der Waals surface area contributed by atoms with Gasteiger partial charge in [0, 0.05) is 10.4 Å². The first-order chi connectivity index (χ1) is 10.1.